The van der Waals surface area contributed by atoms with Gasteiger partial charge in [0.15, 0.2) is 5.13 Å². The molecule has 0 spiro atoms. The summed E-state index contributed by atoms with van der Waals surface area (Å²) in [5.74, 6) is -0.716. The first-order valence-corrected chi connectivity index (χ1v) is 8.02. The van der Waals surface area contributed by atoms with E-state index in [0.29, 0.717) is 17.1 Å². The lowest BCUT2D eigenvalue weighted by Crippen LogP contribution is -2.39. The second kappa shape index (κ2) is 10.1. The van der Waals surface area contributed by atoms with Crippen LogP contribution in [0.2, 0.25) is 0 Å². The number of hydrogen-bond acceptors (Lipinski definition) is 7. The molecule has 1 aromatic carbocycles. The number of rotatable bonds is 7. The van der Waals surface area contributed by atoms with Crippen molar-refractivity contribution in [2.45, 2.75) is 12.5 Å². The van der Waals surface area contributed by atoms with Crippen LogP contribution < -0.4 is 11.1 Å². The molecule has 1 atom stereocenters. The van der Waals surface area contributed by atoms with E-state index < -0.39 is 6.04 Å². The molecule has 1 unspecified atom stereocenters. The second-order valence-corrected chi connectivity index (χ2v) is 6.17. The minimum Gasteiger partial charge on any atom is -0.465 e. The number of aromatic nitrogens is 1. The third-order valence-electron chi connectivity index (χ3n) is 3.19. The van der Waals surface area contributed by atoms with Gasteiger partial charge in [-0.25, -0.2) is 9.78 Å². The quantitative estimate of drug-likeness (QED) is 0.705. The maximum absolute atomic E-state index is 11.8. The first kappa shape index (κ1) is 21.0. The molecule has 25 heavy (non-hydrogen) atoms. The summed E-state index contributed by atoms with van der Waals surface area (Å²) in [4.78, 5) is 28.5. The van der Waals surface area contributed by atoms with E-state index in [4.69, 9.17) is 15.2 Å². The number of nitrogens with zero attached hydrogens (tertiary/aromatic N) is 1. The fraction of sp³-hybridized carbons (Fsp3) is 0.312. The van der Waals surface area contributed by atoms with E-state index in [9.17, 15) is 9.59 Å². The van der Waals surface area contributed by atoms with Crippen LogP contribution in [-0.4, -0.2) is 43.7 Å². The Balaban J connectivity index is 0.00000312. The molecule has 0 saturated carbocycles. The molecule has 9 heteroatoms. The number of esters is 1. The average Bonchev–Trinajstić information content (AvgIpc) is 3.01. The van der Waals surface area contributed by atoms with Gasteiger partial charge in [0.1, 0.15) is 6.04 Å². The van der Waals surface area contributed by atoms with Gasteiger partial charge in [0, 0.05) is 24.6 Å². The third kappa shape index (κ3) is 6.09. The minimum absolute atomic E-state index is 0. The lowest BCUT2D eigenvalue weighted by molar-refractivity contribution is -0.118. The number of nitrogens with two attached hydrogens (primary N) is 1. The van der Waals surface area contributed by atoms with Crippen molar-refractivity contribution in [2.24, 2.45) is 5.73 Å². The minimum atomic E-state index is -0.737. The number of hydrogen-bond donors (Lipinski definition) is 2. The highest BCUT2D eigenvalue weighted by Gasteiger charge is 2.15. The van der Waals surface area contributed by atoms with Crippen molar-refractivity contribution < 1.29 is 19.1 Å². The Morgan fingerprint density at radius 2 is 2.12 bits per heavy atom. The molecule has 0 aliphatic heterocycles. The standard InChI is InChI=1S/C16H19N3O4S.ClH/c1-22-9-13(17)14(20)19-16-18-8-12(24-16)7-10-4-3-5-11(6-10)15(21)23-2;/h3-6,8,13H,7,9,17H2,1-2H3,(H,18,19,20);1H. The van der Waals surface area contributed by atoms with Gasteiger partial charge in [-0.3, -0.25) is 4.79 Å². The van der Waals surface area contributed by atoms with Crippen molar-refractivity contribution in [1.82, 2.24) is 4.98 Å². The van der Waals surface area contributed by atoms with Crippen LogP contribution in [0.15, 0.2) is 30.5 Å². The van der Waals surface area contributed by atoms with Crippen molar-refractivity contribution in [3.8, 4) is 0 Å². The maximum atomic E-state index is 11.8. The van der Waals surface area contributed by atoms with E-state index >= 15 is 0 Å². The Morgan fingerprint density at radius 1 is 1.36 bits per heavy atom. The van der Waals surface area contributed by atoms with Gasteiger partial charge in [-0.2, -0.15) is 0 Å². The van der Waals surface area contributed by atoms with Crippen LogP contribution in [0.4, 0.5) is 5.13 Å². The molecule has 136 valence electrons. The first-order chi connectivity index (χ1) is 11.5. The summed E-state index contributed by atoms with van der Waals surface area (Å²) in [5.41, 5.74) is 7.11. The van der Waals surface area contributed by atoms with Crippen molar-refractivity contribution in [2.75, 3.05) is 26.1 Å². The van der Waals surface area contributed by atoms with Crippen LogP contribution in [0.25, 0.3) is 0 Å². The number of anilines is 1. The van der Waals surface area contributed by atoms with Crippen molar-refractivity contribution in [3.63, 3.8) is 0 Å². The molecule has 2 rings (SSSR count). The zero-order valence-corrected chi connectivity index (χ0v) is 15.5. The van der Waals surface area contributed by atoms with E-state index in [1.807, 2.05) is 6.07 Å². The van der Waals surface area contributed by atoms with Crippen LogP contribution >= 0.6 is 23.7 Å². The molecule has 7 nitrogen and oxygen atoms in total. The smallest absolute Gasteiger partial charge is 0.337 e. The Bertz CT molecular complexity index is 723. The molecule has 1 heterocycles. The Morgan fingerprint density at radius 3 is 2.80 bits per heavy atom. The van der Waals surface area contributed by atoms with Crippen LogP contribution in [0.5, 0.6) is 0 Å². The van der Waals surface area contributed by atoms with Crippen molar-refractivity contribution in [3.05, 3.63) is 46.5 Å². The van der Waals surface area contributed by atoms with Gasteiger partial charge in [-0.05, 0) is 17.7 Å². The van der Waals surface area contributed by atoms with E-state index in [1.165, 1.54) is 25.6 Å². The van der Waals surface area contributed by atoms with Gasteiger partial charge in [0.25, 0.3) is 0 Å². The predicted molar refractivity (Wildman–Crippen MR) is 98.4 cm³/mol. The largest absolute Gasteiger partial charge is 0.465 e. The summed E-state index contributed by atoms with van der Waals surface area (Å²) in [6, 6.07) is 6.45. The van der Waals surface area contributed by atoms with Gasteiger partial charge in [-0.15, -0.1) is 23.7 Å². The Kier molecular flexibility index (Phi) is 8.50. The molecular formula is C16H20ClN3O4S. The topological polar surface area (TPSA) is 104 Å². The summed E-state index contributed by atoms with van der Waals surface area (Å²) in [5, 5.41) is 3.14. The third-order valence-corrected chi connectivity index (χ3v) is 4.11. The number of ether oxygens (including phenoxy) is 2. The summed E-state index contributed by atoms with van der Waals surface area (Å²) < 4.78 is 9.56. The maximum Gasteiger partial charge on any atom is 0.337 e. The van der Waals surface area contributed by atoms with Crippen LogP contribution in [0.3, 0.4) is 0 Å². The van der Waals surface area contributed by atoms with E-state index in [0.717, 1.165) is 10.4 Å². The number of amides is 1. The normalized spacial score (nSPS) is 11.3. The fourth-order valence-corrected chi connectivity index (χ4v) is 2.88. The number of carbonyl (C=O) groups is 2. The van der Waals surface area contributed by atoms with Crippen LogP contribution in [0.1, 0.15) is 20.8 Å². The number of halogens is 1. The van der Waals surface area contributed by atoms with E-state index in [1.54, 1.807) is 24.4 Å². The lowest BCUT2D eigenvalue weighted by atomic mass is 10.1. The van der Waals surface area contributed by atoms with Gasteiger partial charge in [-0.1, -0.05) is 12.1 Å². The molecule has 1 aromatic heterocycles. The fourth-order valence-electron chi connectivity index (χ4n) is 2.03. The molecule has 0 saturated heterocycles. The molecule has 0 aliphatic carbocycles. The number of nitrogens with one attached hydrogen (secondary N) is 1. The van der Waals surface area contributed by atoms with Crippen LogP contribution in [0, 0.1) is 0 Å². The Hall–Kier alpha value is -2.00. The summed E-state index contributed by atoms with van der Waals surface area (Å²) >= 11 is 1.36. The molecular weight excluding hydrogens is 366 g/mol. The summed E-state index contributed by atoms with van der Waals surface area (Å²) in [6.45, 7) is 0.143. The monoisotopic (exact) mass is 385 g/mol. The van der Waals surface area contributed by atoms with Gasteiger partial charge >= 0.3 is 5.97 Å². The highest BCUT2D eigenvalue weighted by Crippen LogP contribution is 2.22. The second-order valence-electron chi connectivity index (χ2n) is 5.05. The number of thiazole rings is 1. The highest BCUT2D eigenvalue weighted by atomic mass is 35.5. The predicted octanol–water partition coefficient (Wildman–Crippen LogP) is 1.85. The van der Waals surface area contributed by atoms with Crippen LogP contribution in [-0.2, 0) is 20.7 Å². The average molecular weight is 386 g/mol. The van der Waals surface area contributed by atoms with Crippen molar-refractivity contribution >= 4 is 40.8 Å². The zero-order valence-electron chi connectivity index (χ0n) is 13.9. The number of benzene rings is 1. The van der Waals surface area contributed by atoms with Crippen molar-refractivity contribution in [1.29, 1.82) is 0 Å². The molecule has 3 N–H and O–H groups in total. The SMILES string of the molecule is COCC(N)C(=O)Nc1ncc(Cc2cccc(C(=O)OC)c2)s1.Cl. The van der Waals surface area contributed by atoms with Gasteiger partial charge in [0.2, 0.25) is 5.91 Å². The van der Waals surface area contributed by atoms with E-state index in [-0.39, 0.29) is 30.9 Å². The Labute approximate surface area is 155 Å². The molecule has 0 bridgehead atoms. The lowest BCUT2D eigenvalue weighted by Gasteiger charge is -2.08. The number of carbonyl (C=O) groups excluding carboxylic acids is 2. The molecule has 0 fully saturated rings. The summed E-state index contributed by atoms with van der Waals surface area (Å²) in [7, 11) is 2.83. The van der Waals surface area contributed by atoms with E-state index in [2.05, 4.69) is 10.3 Å². The molecule has 0 radical (unpaired) electrons. The zero-order chi connectivity index (χ0) is 17.5. The molecule has 1 amide bonds. The molecule has 0 aliphatic rings. The summed E-state index contributed by atoms with van der Waals surface area (Å²) in [6.07, 6.45) is 2.29. The number of methoxy groups -OCH3 is 2. The molecule has 2 aromatic rings. The van der Waals surface area contributed by atoms with Gasteiger partial charge < -0.3 is 20.5 Å². The first-order valence-electron chi connectivity index (χ1n) is 7.21. The van der Waals surface area contributed by atoms with Gasteiger partial charge in [0.05, 0.1) is 19.3 Å². The highest BCUT2D eigenvalue weighted by molar-refractivity contribution is 7.15.